The zero-order valence-corrected chi connectivity index (χ0v) is 10.6. The Labute approximate surface area is 106 Å². The van der Waals surface area contributed by atoms with Gasteiger partial charge in [0.05, 0.1) is 17.6 Å². The third kappa shape index (κ3) is 2.68. The Bertz CT molecular complexity index is 531. The first-order chi connectivity index (χ1) is 8.08. The van der Waals surface area contributed by atoms with E-state index >= 15 is 0 Å². The molecule has 1 atom stereocenters. The molecule has 0 saturated carbocycles. The Morgan fingerprint density at radius 1 is 1.29 bits per heavy atom. The maximum absolute atomic E-state index is 13.6. The monoisotopic (exact) mass is 296 g/mol. The number of rotatable bonds is 2. The molecule has 1 heterocycles. The number of aliphatic hydroxyl groups excluding tert-OH is 1. The molecule has 0 fully saturated rings. The van der Waals surface area contributed by atoms with Crippen LogP contribution in [0.2, 0.25) is 0 Å². The summed E-state index contributed by atoms with van der Waals surface area (Å²) in [5.74, 6) is -0.469. The second-order valence-electron chi connectivity index (χ2n) is 3.65. The zero-order valence-electron chi connectivity index (χ0n) is 9.06. The largest absolute Gasteiger partial charge is 0.382 e. The van der Waals surface area contributed by atoms with Crippen molar-refractivity contribution >= 4 is 15.9 Å². The molecule has 0 saturated heterocycles. The molecule has 0 bridgehead atoms. The molecule has 0 spiro atoms. The first-order valence-corrected chi connectivity index (χ1v) is 5.79. The fraction of sp³-hybridized carbons (Fsp3) is 0.167. The Kier molecular flexibility index (Phi) is 3.49. The predicted molar refractivity (Wildman–Crippen MR) is 64.9 cm³/mol. The molecule has 1 unspecified atom stereocenters. The standard InChI is InChI=1S/C12H10BrFN2O/c1-7-5-16-11(6-15-7)12(17)9-4-8(13)2-3-10(9)14/h2-6,12,17H,1H3. The highest BCUT2D eigenvalue weighted by atomic mass is 79.9. The number of hydrogen-bond donors (Lipinski definition) is 1. The molecule has 0 radical (unpaired) electrons. The van der Waals surface area contributed by atoms with Crippen LogP contribution in [-0.4, -0.2) is 15.1 Å². The molecule has 17 heavy (non-hydrogen) atoms. The van der Waals surface area contributed by atoms with Gasteiger partial charge in [0.25, 0.3) is 0 Å². The highest BCUT2D eigenvalue weighted by Crippen LogP contribution is 2.25. The summed E-state index contributed by atoms with van der Waals surface area (Å²) in [6.07, 6.45) is 1.87. The van der Waals surface area contributed by atoms with Gasteiger partial charge in [0, 0.05) is 16.2 Å². The van der Waals surface area contributed by atoms with Crippen molar-refractivity contribution < 1.29 is 9.50 Å². The van der Waals surface area contributed by atoms with Gasteiger partial charge in [0.1, 0.15) is 11.9 Å². The van der Waals surface area contributed by atoms with Crippen molar-refractivity contribution in [3.63, 3.8) is 0 Å². The van der Waals surface area contributed by atoms with Crippen LogP contribution in [0.25, 0.3) is 0 Å². The second-order valence-corrected chi connectivity index (χ2v) is 4.57. The third-order valence-corrected chi connectivity index (χ3v) is 2.83. The number of benzene rings is 1. The van der Waals surface area contributed by atoms with Gasteiger partial charge in [0.2, 0.25) is 0 Å². The molecule has 2 rings (SSSR count). The first-order valence-electron chi connectivity index (χ1n) is 4.99. The minimum Gasteiger partial charge on any atom is -0.382 e. The van der Waals surface area contributed by atoms with Gasteiger partial charge in [-0.15, -0.1) is 0 Å². The van der Waals surface area contributed by atoms with Crippen molar-refractivity contribution in [3.8, 4) is 0 Å². The lowest BCUT2D eigenvalue weighted by Crippen LogP contribution is -2.05. The molecule has 1 aromatic carbocycles. The average Bonchev–Trinajstić information content (AvgIpc) is 2.32. The lowest BCUT2D eigenvalue weighted by atomic mass is 10.1. The fourth-order valence-corrected chi connectivity index (χ4v) is 1.81. The van der Waals surface area contributed by atoms with E-state index in [1.165, 1.54) is 24.5 Å². The van der Waals surface area contributed by atoms with E-state index in [1.54, 1.807) is 13.0 Å². The molecule has 88 valence electrons. The number of aromatic nitrogens is 2. The van der Waals surface area contributed by atoms with Gasteiger partial charge in [-0.3, -0.25) is 9.97 Å². The highest BCUT2D eigenvalue weighted by molar-refractivity contribution is 9.10. The van der Waals surface area contributed by atoms with E-state index < -0.39 is 11.9 Å². The van der Waals surface area contributed by atoms with Crippen molar-refractivity contribution in [2.45, 2.75) is 13.0 Å². The summed E-state index contributed by atoms with van der Waals surface area (Å²) in [6, 6.07) is 4.40. The summed E-state index contributed by atoms with van der Waals surface area (Å²) >= 11 is 3.23. The Hall–Kier alpha value is -1.33. The lowest BCUT2D eigenvalue weighted by molar-refractivity contribution is 0.209. The van der Waals surface area contributed by atoms with Gasteiger partial charge in [-0.1, -0.05) is 15.9 Å². The lowest BCUT2D eigenvalue weighted by Gasteiger charge is -2.11. The van der Waals surface area contributed by atoms with Crippen LogP contribution >= 0.6 is 15.9 Å². The molecule has 0 aliphatic rings. The number of hydrogen-bond acceptors (Lipinski definition) is 3. The quantitative estimate of drug-likeness (QED) is 0.927. The maximum atomic E-state index is 13.6. The number of aryl methyl sites for hydroxylation is 1. The zero-order chi connectivity index (χ0) is 12.4. The van der Waals surface area contributed by atoms with Gasteiger partial charge in [-0.05, 0) is 25.1 Å². The van der Waals surface area contributed by atoms with E-state index in [4.69, 9.17) is 0 Å². The van der Waals surface area contributed by atoms with E-state index in [0.717, 1.165) is 5.69 Å². The molecular weight excluding hydrogens is 287 g/mol. The molecule has 3 nitrogen and oxygen atoms in total. The van der Waals surface area contributed by atoms with Crippen molar-refractivity contribution in [3.05, 3.63) is 57.8 Å². The number of aliphatic hydroxyl groups is 1. The summed E-state index contributed by atoms with van der Waals surface area (Å²) in [6.45, 7) is 1.79. The van der Waals surface area contributed by atoms with Crippen LogP contribution in [0.3, 0.4) is 0 Å². The molecule has 2 aromatic rings. The number of nitrogens with zero attached hydrogens (tertiary/aromatic N) is 2. The minimum absolute atomic E-state index is 0.178. The van der Waals surface area contributed by atoms with Crippen LogP contribution in [0, 0.1) is 12.7 Å². The first kappa shape index (κ1) is 12.1. The Morgan fingerprint density at radius 2 is 2.06 bits per heavy atom. The topological polar surface area (TPSA) is 46.0 Å². The van der Waals surface area contributed by atoms with Crippen LogP contribution in [0.5, 0.6) is 0 Å². The second kappa shape index (κ2) is 4.89. The van der Waals surface area contributed by atoms with Crippen LogP contribution < -0.4 is 0 Å². The van der Waals surface area contributed by atoms with E-state index in [0.29, 0.717) is 10.2 Å². The molecule has 1 N–H and O–H groups in total. The summed E-state index contributed by atoms with van der Waals surface area (Å²) in [4.78, 5) is 8.05. The van der Waals surface area contributed by atoms with Gasteiger partial charge in [0.15, 0.2) is 0 Å². The fourth-order valence-electron chi connectivity index (χ4n) is 1.43. The smallest absolute Gasteiger partial charge is 0.129 e. The van der Waals surface area contributed by atoms with Crippen molar-refractivity contribution in [2.75, 3.05) is 0 Å². The Balaban J connectivity index is 2.39. The van der Waals surface area contributed by atoms with Gasteiger partial charge in [-0.2, -0.15) is 0 Å². The molecule has 0 aliphatic carbocycles. The van der Waals surface area contributed by atoms with Crippen LogP contribution in [0.15, 0.2) is 35.1 Å². The summed E-state index contributed by atoms with van der Waals surface area (Å²) < 4.78 is 14.3. The van der Waals surface area contributed by atoms with Crippen molar-refractivity contribution in [1.29, 1.82) is 0 Å². The van der Waals surface area contributed by atoms with Gasteiger partial charge >= 0.3 is 0 Å². The Morgan fingerprint density at radius 3 is 2.71 bits per heavy atom. The summed E-state index contributed by atoms with van der Waals surface area (Å²) in [5.41, 5.74) is 1.25. The van der Waals surface area contributed by atoms with Crippen LogP contribution in [0.4, 0.5) is 4.39 Å². The average molecular weight is 297 g/mol. The predicted octanol–water partition coefficient (Wildman–Crippen LogP) is 2.77. The van der Waals surface area contributed by atoms with Gasteiger partial charge in [-0.25, -0.2) is 4.39 Å². The van der Waals surface area contributed by atoms with E-state index in [-0.39, 0.29) is 5.56 Å². The molecule has 1 aromatic heterocycles. The molecule has 0 aliphatic heterocycles. The normalized spacial score (nSPS) is 12.5. The van der Waals surface area contributed by atoms with E-state index in [2.05, 4.69) is 25.9 Å². The maximum Gasteiger partial charge on any atom is 0.129 e. The molecular formula is C12H10BrFN2O. The molecule has 5 heteroatoms. The summed E-state index contributed by atoms with van der Waals surface area (Å²) in [5, 5.41) is 10.0. The van der Waals surface area contributed by atoms with E-state index in [1.807, 2.05) is 0 Å². The number of halogens is 2. The van der Waals surface area contributed by atoms with Crippen LogP contribution in [0.1, 0.15) is 23.1 Å². The SMILES string of the molecule is Cc1cnc(C(O)c2cc(Br)ccc2F)cn1. The molecule has 0 amide bonds. The van der Waals surface area contributed by atoms with E-state index in [9.17, 15) is 9.50 Å². The third-order valence-electron chi connectivity index (χ3n) is 2.33. The highest BCUT2D eigenvalue weighted by Gasteiger charge is 2.16. The van der Waals surface area contributed by atoms with Gasteiger partial charge < -0.3 is 5.11 Å². The minimum atomic E-state index is -1.11. The van der Waals surface area contributed by atoms with Crippen molar-refractivity contribution in [2.24, 2.45) is 0 Å². The van der Waals surface area contributed by atoms with Crippen molar-refractivity contribution in [1.82, 2.24) is 9.97 Å². The van der Waals surface area contributed by atoms with Crippen LogP contribution in [-0.2, 0) is 0 Å². The summed E-state index contributed by atoms with van der Waals surface area (Å²) in [7, 11) is 0.